The van der Waals surface area contributed by atoms with E-state index in [0.717, 1.165) is 24.2 Å². The highest BCUT2D eigenvalue weighted by molar-refractivity contribution is 5.69. The quantitative estimate of drug-likeness (QED) is 0.868. The highest BCUT2D eigenvalue weighted by Gasteiger charge is 2.07. The Bertz CT molecular complexity index is 629. The summed E-state index contributed by atoms with van der Waals surface area (Å²) in [6.07, 6.45) is 0.785. The number of nitrogens with two attached hydrogens (primary N) is 1. The summed E-state index contributed by atoms with van der Waals surface area (Å²) in [5, 5.41) is 8.92. The molecule has 20 heavy (non-hydrogen) atoms. The fourth-order valence-electron chi connectivity index (χ4n) is 2.01. The first-order valence-corrected chi connectivity index (χ1v) is 6.35. The van der Waals surface area contributed by atoms with Gasteiger partial charge in [-0.3, -0.25) is 0 Å². The van der Waals surface area contributed by atoms with Gasteiger partial charge in [0.1, 0.15) is 5.82 Å². The Morgan fingerprint density at radius 3 is 2.55 bits per heavy atom. The molecule has 0 fully saturated rings. The van der Waals surface area contributed by atoms with Gasteiger partial charge in [-0.1, -0.05) is 12.1 Å². The third-order valence-corrected chi connectivity index (χ3v) is 3.22. The summed E-state index contributed by atoms with van der Waals surface area (Å²) in [4.78, 5) is 2.00. The van der Waals surface area contributed by atoms with Crippen LogP contribution in [0.1, 0.15) is 11.1 Å². The van der Waals surface area contributed by atoms with Crippen molar-refractivity contribution in [1.29, 1.82) is 5.26 Å². The number of anilines is 2. The Kier molecular flexibility index (Phi) is 4.21. The monoisotopic (exact) mass is 269 g/mol. The molecule has 102 valence electrons. The molecule has 0 aliphatic carbocycles. The number of nitrogen functional groups attached to an aromatic ring is 1. The highest BCUT2D eigenvalue weighted by atomic mass is 19.1. The van der Waals surface area contributed by atoms with Gasteiger partial charge in [0.15, 0.2) is 0 Å². The van der Waals surface area contributed by atoms with E-state index in [0.29, 0.717) is 11.3 Å². The summed E-state index contributed by atoms with van der Waals surface area (Å²) < 4.78 is 12.8. The van der Waals surface area contributed by atoms with Gasteiger partial charge in [0.25, 0.3) is 0 Å². The second-order valence-corrected chi connectivity index (χ2v) is 4.68. The Morgan fingerprint density at radius 1 is 1.20 bits per heavy atom. The molecule has 0 unspecified atom stereocenters. The maximum absolute atomic E-state index is 12.8. The standard InChI is InChI=1S/C16H16FN3/c1-20(9-8-12-2-5-14(17)6-3-12)16-10-13(11-18)4-7-15(16)19/h2-7,10H,8-9,19H2,1H3. The molecule has 0 amide bonds. The molecule has 0 aliphatic rings. The number of nitrogens with zero attached hydrogens (tertiary/aromatic N) is 2. The van der Waals surface area contributed by atoms with E-state index in [1.807, 2.05) is 11.9 Å². The molecule has 0 bridgehead atoms. The van der Waals surface area contributed by atoms with Crippen molar-refractivity contribution in [3.63, 3.8) is 0 Å². The second-order valence-electron chi connectivity index (χ2n) is 4.68. The molecule has 0 atom stereocenters. The topological polar surface area (TPSA) is 53.0 Å². The lowest BCUT2D eigenvalue weighted by Crippen LogP contribution is -2.21. The van der Waals surface area contributed by atoms with Crippen molar-refractivity contribution in [3.8, 4) is 6.07 Å². The minimum Gasteiger partial charge on any atom is -0.397 e. The average Bonchev–Trinajstić information content (AvgIpc) is 2.47. The normalized spacial score (nSPS) is 10.1. The smallest absolute Gasteiger partial charge is 0.123 e. The molecule has 3 nitrogen and oxygen atoms in total. The fourth-order valence-corrected chi connectivity index (χ4v) is 2.01. The van der Waals surface area contributed by atoms with Crippen molar-refractivity contribution in [2.75, 3.05) is 24.2 Å². The van der Waals surface area contributed by atoms with Crippen molar-refractivity contribution in [1.82, 2.24) is 0 Å². The van der Waals surface area contributed by atoms with Gasteiger partial charge in [0.05, 0.1) is 23.0 Å². The zero-order valence-corrected chi connectivity index (χ0v) is 11.3. The van der Waals surface area contributed by atoms with Crippen LogP contribution >= 0.6 is 0 Å². The maximum Gasteiger partial charge on any atom is 0.123 e. The van der Waals surface area contributed by atoms with E-state index in [4.69, 9.17) is 11.0 Å². The summed E-state index contributed by atoms with van der Waals surface area (Å²) in [6, 6.07) is 13.8. The van der Waals surface area contributed by atoms with Crippen molar-refractivity contribution >= 4 is 11.4 Å². The largest absolute Gasteiger partial charge is 0.397 e. The summed E-state index contributed by atoms with van der Waals surface area (Å²) >= 11 is 0. The summed E-state index contributed by atoms with van der Waals surface area (Å²) in [7, 11) is 1.93. The van der Waals surface area contributed by atoms with Gasteiger partial charge in [-0.05, 0) is 42.3 Å². The number of hydrogen-bond acceptors (Lipinski definition) is 3. The lowest BCUT2D eigenvalue weighted by Gasteiger charge is -2.21. The number of likely N-dealkylation sites (N-methyl/N-ethyl adjacent to an activating group) is 1. The van der Waals surface area contributed by atoms with Crippen LogP contribution in [0.2, 0.25) is 0 Å². The molecule has 2 aromatic carbocycles. The highest BCUT2D eigenvalue weighted by Crippen LogP contribution is 2.23. The van der Waals surface area contributed by atoms with Crippen LogP contribution in [-0.4, -0.2) is 13.6 Å². The van der Waals surface area contributed by atoms with Crippen LogP contribution in [0.25, 0.3) is 0 Å². The molecule has 0 heterocycles. The van der Waals surface area contributed by atoms with Crippen LogP contribution in [0.3, 0.4) is 0 Å². The fraction of sp³-hybridized carbons (Fsp3) is 0.188. The molecule has 0 aromatic heterocycles. The van der Waals surface area contributed by atoms with Gasteiger partial charge in [-0.25, -0.2) is 4.39 Å². The van der Waals surface area contributed by atoms with E-state index in [-0.39, 0.29) is 5.82 Å². The predicted octanol–water partition coefficient (Wildman–Crippen LogP) is 2.96. The molecular formula is C16H16FN3. The zero-order valence-electron chi connectivity index (χ0n) is 11.3. The molecule has 2 N–H and O–H groups in total. The lowest BCUT2D eigenvalue weighted by molar-refractivity contribution is 0.627. The van der Waals surface area contributed by atoms with Gasteiger partial charge >= 0.3 is 0 Å². The molecular weight excluding hydrogens is 253 g/mol. The number of nitriles is 1. The van der Waals surface area contributed by atoms with Crippen LogP contribution in [0.5, 0.6) is 0 Å². The Hall–Kier alpha value is -2.54. The van der Waals surface area contributed by atoms with Crippen LogP contribution < -0.4 is 10.6 Å². The maximum atomic E-state index is 12.8. The molecule has 0 saturated carbocycles. The van der Waals surface area contributed by atoms with Crippen LogP contribution in [0, 0.1) is 17.1 Å². The lowest BCUT2D eigenvalue weighted by atomic mass is 10.1. The van der Waals surface area contributed by atoms with E-state index in [1.165, 1.54) is 12.1 Å². The summed E-state index contributed by atoms with van der Waals surface area (Å²) in [6.45, 7) is 0.741. The molecule has 2 aromatic rings. The van der Waals surface area contributed by atoms with E-state index in [1.54, 1.807) is 30.3 Å². The van der Waals surface area contributed by atoms with Crippen LogP contribution in [0.4, 0.5) is 15.8 Å². The first kappa shape index (κ1) is 13.9. The van der Waals surface area contributed by atoms with Gasteiger partial charge < -0.3 is 10.6 Å². The Balaban J connectivity index is 2.06. The summed E-state index contributed by atoms with van der Waals surface area (Å²) in [5.74, 6) is -0.229. The molecule has 0 radical (unpaired) electrons. The number of halogens is 1. The SMILES string of the molecule is CN(CCc1ccc(F)cc1)c1cc(C#N)ccc1N. The predicted molar refractivity (Wildman–Crippen MR) is 78.9 cm³/mol. The molecule has 0 aliphatic heterocycles. The summed E-state index contributed by atoms with van der Waals surface area (Å²) in [5.41, 5.74) is 9.07. The first-order valence-electron chi connectivity index (χ1n) is 6.35. The van der Waals surface area contributed by atoms with Gasteiger partial charge in [0, 0.05) is 13.6 Å². The Labute approximate surface area is 118 Å². The molecule has 2 rings (SSSR count). The Morgan fingerprint density at radius 2 is 1.90 bits per heavy atom. The molecule has 4 heteroatoms. The van der Waals surface area contributed by atoms with E-state index >= 15 is 0 Å². The van der Waals surface area contributed by atoms with Gasteiger partial charge in [0.2, 0.25) is 0 Å². The van der Waals surface area contributed by atoms with E-state index in [9.17, 15) is 4.39 Å². The van der Waals surface area contributed by atoms with Crippen molar-refractivity contribution in [2.45, 2.75) is 6.42 Å². The minimum atomic E-state index is -0.229. The second kappa shape index (κ2) is 6.07. The van der Waals surface area contributed by atoms with Crippen LogP contribution in [0.15, 0.2) is 42.5 Å². The van der Waals surface area contributed by atoms with E-state index in [2.05, 4.69) is 6.07 Å². The van der Waals surface area contributed by atoms with Crippen molar-refractivity contribution in [2.24, 2.45) is 0 Å². The number of rotatable bonds is 4. The minimum absolute atomic E-state index is 0.229. The number of benzene rings is 2. The zero-order chi connectivity index (χ0) is 14.5. The third kappa shape index (κ3) is 3.27. The van der Waals surface area contributed by atoms with Gasteiger partial charge in [-0.2, -0.15) is 5.26 Å². The number of hydrogen-bond donors (Lipinski definition) is 1. The molecule has 0 spiro atoms. The van der Waals surface area contributed by atoms with Crippen molar-refractivity contribution < 1.29 is 4.39 Å². The van der Waals surface area contributed by atoms with Crippen molar-refractivity contribution in [3.05, 3.63) is 59.4 Å². The molecule has 0 saturated heterocycles. The van der Waals surface area contributed by atoms with Gasteiger partial charge in [-0.15, -0.1) is 0 Å². The van der Waals surface area contributed by atoms with E-state index < -0.39 is 0 Å². The van der Waals surface area contributed by atoms with Crippen LogP contribution in [-0.2, 0) is 6.42 Å². The first-order chi connectivity index (χ1) is 9.60. The third-order valence-electron chi connectivity index (χ3n) is 3.22. The average molecular weight is 269 g/mol.